The Morgan fingerprint density at radius 3 is 2.80 bits per heavy atom. The molecule has 3 aromatic rings. The van der Waals surface area contributed by atoms with Crippen LogP contribution in [0.25, 0.3) is 22.0 Å². The summed E-state index contributed by atoms with van der Waals surface area (Å²) in [6.07, 6.45) is 5.79. The summed E-state index contributed by atoms with van der Waals surface area (Å²) < 4.78 is 9.06. The lowest BCUT2D eigenvalue weighted by Gasteiger charge is -2.26. The fraction of sp³-hybridized carbons (Fsp3) is 0.500. The van der Waals surface area contributed by atoms with Gasteiger partial charge in [-0.2, -0.15) is 5.10 Å². The maximum Gasteiger partial charge on any atom is 0.132 e. The summed E-state index contributed by atoms with van der Waals surface area (Å²) in [6.45, 7) is 7.46. The van der Waals surface area contributed by atoms with Gasteiger partial charge in [-0.1, -0.05) is 5.21 Å². The Morgan fingerprint density at radius 2 is 2.04 bits per heavy atom. The van der Waals surface area contributed by atoms with E-state index in [-0.39, 0.29) is 0 Å². The second-order valence-electron chi connectivity index (χ2n) is 6.15. The van der Waals surface area contributed by atoms with Crippen LogP contribution in [0.4, 0.5) is 0 Å². The van der Waals surface area contributed by atoms with Gasteiger partial charge < -0.3 is 4.74 Å². The van der Waals surface area contributed by atoms with Crippen molar-refractivity contribution in [2.75, 3.05) is 32.8 Å². The van der Waals surface area contributed by atoms with Crippen molar-refractivity contribution in [2.24, 2.45) is 7.05 Å². The standard InChI is InChI=1S/C16H21N7OS/c1-12-15(18-16(25-12)13-9-17-21(2)10-13)14-11-23(20-19-14)4-3-22-5-7-24-8-6-22/h9-11H,3-8H2,1-2H3. The van der Waals surface area contributed by atoms with Crippen LogP contribution in [0.2, 0.25) is 0 Å². The summed E-state index contributed by atoms with van der Waals surface area (Å²) in [5, 5.41) is 13.8. The lowest BCUT2D eigenvalue weighted by Crippen LogP contribution is -2.38. The fourth-order valence-corrected chi connectivity index (χ4v) is 3.77. The van der Waals surface area contributed by atoms with Gasteiger partial charge in [0.25, 0.3) is 0 Å². The van der Waals surface area contributed by atoms with E-state index in [2.05, 4.69) is 27.2 Å². The van der Waals surface area contributed by atoms with Crippen molar-refractivity contribution in [1.29, 1.82) is 0 Å². The van der Waals surface area contributed by atoms with Gasteiger partial charge in [0.2, 0.25) is 0 Å². The molecule has 1 aliphatic rings. The third kappa shape index (κ3) is 3.63. The van der Waals surface area contributed by atoms with Crippen molar-refractivity contribution in [3.63, 3.8) is 0 Å². The second kappa shape index (κ2) is 7.03. The Kier molecular flexibility index (Phi) is 4.60. The third-order valence-electron chi connectivity index (χ3n) is 4.28. The van der Waals surface area contributed by atoms with Gasteiger partial charge in [-0.05, 0) is 6.92 Å². The first-order valence-electron chi connectivity index (χ1n) is 8.36. The van der Waals surface area contributed by atoms with Crippen LogP contribution in [0.1, 0.15) is 4.88 Å². The van der Waals surface area contributed by atoms with Crippen LogP contribution >= 0.6 is 11.3 Å². The van der Waals surface area contributed by atoms with Gasteiger partial charge in [-0.15, -0.1) is 16.4 Å². The highest BCUT2D eigenvalue weighted by molar-refractivity contribution is 7.15. The molecule has 1 aliphatic heterocycles. The van der Waals surface area contributed by atoms with E-state index in [4.69, 9.17) is 9.72 Å². The number of thiazole rings is 1. The maximum absolute atomic E-state index is 5.38. The molecular weight excluding hydrogens is 338 g/mol. The van der Waals surface area contributed by atoms with E-state index in [9.17, 15) is 0 Å². The molecule has 3 aromatic heterocycles. The van der Waals surface area contributed by atoms with Crippen molar-refractivity contribution in [2.45, 2.75) is 13.5 Å². The van der Waals surface area contributed by atoms with E-state index >= 15 is 0 Å². The SMILES string of the molecule is Cc1sc(-c2cnn(C)c2)nc1-c1cn(CCN2CCOCC2)nn1. The monoisotopic (exact) mass is 359 g/mol. The zero-order chi connectivity index (χ0) is 17.2. The van der Waals surface area contributed by atoms with Gasteiger partial charge in [0.1, 0.15) is 16.4 Å². The predicted molar refractivity (Wildman–Crippen MR) is 95.3 cm³/mol. The molecule has 0 saturated carbocycles. The van der Waals surface area contributed by atoms with Gasteiger partial charge in [-0.25, -0.2) is 4.98 Å². The molecule has 4 heterocycles. The van der Waals surface area contributed by atoms with Crippen molar-refractivity contribution in [3.05, 3.63) is 23.5 Å². The Bertz CT molecular complexity index is 846. The average Bonchev–Trinajstić information content (AvgIpc) is 3.33. The quantitative estimate of drug-likeness (QED) is 0.686. The normalized spacial score (nSPS) is 15.8. The Labute approximate surface area is 150 Å². The van der Waals surface area contributed by atoms with Crippen molar-refractivity contribution in [1.82, 2.24) is 34.7 Å². The van der Waals surface area contributed by atoms with Gasteiger partial charge in [0.15, 0.2) is 0 Å². The molecule has 0 atom stereocenters. The largest absolute Gasteiger partial charge is 0.379 e. The molecule has 0 unspecified atom stereocenters. The highest BCUT2D eigenvalue weighted by Crippen LogP contribution is 2.31. The molecule has 9 heteroatoms. The number of ether oxygens (including phenoxy) is 1. The molecule has 0 amide bonds. The van der Waals surface area contributed by atoms with Crippen molar-refractivity contribution in [3.8, 4) is 22.0 Å². The molecule has 132 valence electrons. The molecule has 4 rings (SSSR count). The summed E-state index contributed by atoms with van der Waals surface area (Å²) in [6, 6.07) is 0. The zero-order valence-electron chi connectivity index (χ0n) is 14.4. The molecule has 0 spiro atoms. The zero-order valence-corrected chi connectivity index (χ0v) is 15.2. The van der Waals surface area contributed by atoms with E-state index in [0.717, 1.165) is 66.2 Å². The first kappa shape index (κ1) is 16.4. The minimum atomic E-state index is 0.817. The minimum Gasteiger partial charge on any atom is -0.379 e. The van der Waals surface area contributed by atoms with E-state index in [1.807, 2.05) is 30.3 Å². The van der Waals surface area contributed by atoms with Crippen LogP contribution in [-0.2, 0) is 18.3 Å². The number of hydrogen-bond acceptors (Lipinski definition) is 7. The number of aromatic nitrogens is 6. The third-order valence-corrected chi connectivity index (χ3v) is 5.30. The number of nitrogens with zero attached hydrogens (tertiary/aromatic N) is 7. The smallest absolute Gasteiger partial charge is 0.132 e. The molecular formula is C16H21N7OS. The lowest BCUT2D eigenvalue weighted by atomic mass is 10.3. The highest BCUT2D eigenvalue weighted by atomic mass is 32.1. The second-order valence-corrected chi connectivity index (χ2v) is 7.35. The van der Waals surface area contributed by atoms with E-state index in [0.29, 0.717) is 0 Å². The first-order chi connectivity index (χ1) is 12.2. The Morgan fingerprint density at radius 1 is 1.20 bits per heavy atom. The van der Waals surface area contributed by atoms with Crippen LogP contribution in [0.5, 0.6) is 0 Å². The van der Waals surface area contributed by atoms with E-state index in [1.54, 1.807) is 16.0 Å². The summed E-state index contributed by atoms with van der Waals surface area (Å²) >= 11 is 1.66. The summed E-state index contributed by atoms with van der Waals surface area (Å²) in [4.78, 5) is 8.28. The molecule has 1 saturated heterocycles. The molecule has 0 aliphatic carbocycles. The minimum absolute atomic E-state index is 0.817. The van der Waals surface area contributed by atoms with Crippen molar-refractivity contribution < 1.29 is 4.74 Å². The number of rotatable bonds is 5. The van der Waals surface area contributed by atoms with E-state index in [1.165, 1.54) is 0 Å². The number of aryl methyl sites for hydroxylation is 2. The Balaban J connectivity index is 1.47. The van der Waals surface area contributed by atoms with Gasteiger partial charge in [0, 0.05) is 43.3 Å². The summed E-state index contributed by atoms with van der Waals surface area (Å²) in [5.74, 6) is 0. The first-order valence-corrected chi connectivity index (χ1v) is 9.18. The number of hydrogen-bond donors (Lipinski definition) is 0. The molecule has 0 bridgehead atoms. The molecule has 25 heavy (non-hydrogen) atoms. The lowest BCUT2D eigenvalue weighted by molar-refractivity contribution is 0.0359. The molecule has 1 fully saturated rings. The van der Waals surface area contributed by atoms with Crippen LogP contribution in [-0.4, -0.2) is 67.5 Å². The van der Waals surface area contributed by atoms with Gasteiger partial charge >= 0.3 is 0 Å². The van der Waals surface area contributed by atoms with Crippen molar-refractivity contribution >= 4 is 11.3 Å². The van der Waals surface area contributed by atoms with Crippen LogP contribution in [0.3, 0.4) is 0 Å². The van der Waals surface area contributed by atoms with Gasteiger partial charge in [0.05, 0.1) is 32.2 Å². The molecule has 0 aromatic carbocycles. The molecule has 0 N–H and O–H groups in total. The highest BCUT2D eigenvalue weighted by Gasteiger charge is 2.16. The summed E-state index contributed by atoms with van der Waals surface area (Å²) in [7, 11) is 1.91. The fourth-order valence-electron chi connectivity index (χ4n) is 2.87. The summed E-state index contributed by atoms with van der Waals surface area (Å²) in [5.41, 5.74) is 2.76. The maximum atomic E-state index is 5.38. The topological polar surface area (TPSA) is 73.9 Å². The number of morpholine rings is 1. The predicted octanol–water partition coefficient (Wildman–Crippen LogP) is 1.44. The van der Waals surface area contributed by atoms with Crippen LogP contribution in [0, 0.1) is 6.92 Å². The van der Waals surface area contributed by atoms with Crippen LogP contribution < -0.4 is 0 Å². The van der Waals surface area contributed by atoms with E-state index < -0.39 is 0 Å². The average molecular weight is 359 g/mol. The Hall–Kier alpha value is -2.10. The molecule has 0 radical (unpaired) electrons. The van der Waals surface area contributed by atoms with Gasteiger partial charge in [-0.3, -0.25) is 14.3 Å². The van der Waals surface area contributed by atoms with Crippen LogP contribution in [0.15, 0.2) is 18.6 Å². The molecule has 8 nitrogen and oxygen atoms in total.